The molecule has 2 aromatic heterocycles. The van der Waals surface area contributed by atoms with Crippen LogP contribution in [0, 0.1) is 0 Å². The number of hydrogen-bond donors (Lipinski definition) is 0. The van der Waals surface area contributed by atoms with Crippen molar-refractivity contribution in [2.24, 2.45) is 0 Å². The van der Waals surface area contributed by atoms with Gasteiger partial charge in [0.15, 0.2) is 0 Å². The Bertz CT molecular complexity index is 2510. The van der Waals surface area contributed by atoms with E-state index in [-0.39, 0.29) is 0 Å². The maximum absolute atomic E-state index is 4.89. The molecule has 2 heterocycles. The Kier molecular flexibility index (Phi) is 6.43. The molecule has 4 heteroatoms. The molecule has 0 amide bonds. The third kappa shape index (κ3) is 4.75. The summed E-state index contributed by atoms with van der Waals surface area (Å²) in [6.45, 7) is 0. The van der Waals surface area contributed by atoms with E-state index in [1.807, 2.05) is 24.4 Å². The van der Waals surface area contributed by atoms with Crippen LogP contribution in [0.25, 0.3) is 82.8 Å². The van der Waals surface area contributed by atoms with Crippen molar-refractivity contribution in [2.45, 2.75) is 0 Å². The molecule has 0 spiro atoms. The maximum Gasteiger partial charge on any atom is 0.114 e. The molecule has 0 aliphatic rings. The Balaban J connectivity index is 1.15. The van der Waals surface area contributed by atoms with Crippen LogP contribution in [0.1, 0.15) is 0 Å². The predicted octanol–water partition coefficient (Wildman–Crippen LogP) is 10.8. The van der Waals surface area contributed by atoms with Gasteiger partial charge in [-0.3, -0.25) is 4.98 Å². The van der Waals surface area contributed by atoms with Crippen molar-refractivity contribution in [2.75, 3.05) is 0 Å². The standard InChI is InChI=1S/C43H28N4/c1-2-11-29(12-3-1)42-36-18-4-6-20-38(36)43(39-21-7-5-19-37(39)42)33-15-8-13-30(25-33)32-22-23-40-41(27-32)46-47(45-40)35-17-9-14-31(26-35)34-16-10-24-44-28-34/h1-28H. The third-order valence-corrected chi connectivity index (χ3v) is 8.93. The lowest BCUT2D eigenvalue weighted by atomic mass is 9.85. The van der Waals surface area contributed by atoms with Crippen LogP contribution in [-0.4, -0.2) is 20.0 Å². The second-order valence-corrected chi connectivity index (χ2v) is 11.8. The van der Waals surface area contributed by atoms with Crippen LogP contribution >= 0.6 is 0 Å². The second kappa shape index (κ2) is 11.2. The van der Waals surface area contributed by atoms with Gasteiger partial charge in [0, 0.05) is 18.0 Å². The van der Waals surface area contributed by atoms with E-state index < -0.39 is 0 Å². The fourth-order valence-corrected chi connectivity index (χ4v) is 6.76. The molecule has 7 aromatic carbocycles. The molecule has 9 aromatic rings. The average Bonchev–Trinajstić information content (AvgIpc) is 3.58. The Morgan fingerprint density at radius 2 is 0.915 bits per heavy atom. The van der Waals surface area contributed by atoms with Crippen LogP contribution in [0.15, 0.2) is 170 Å². The van der Waals surface area contributed by atoms with Gasteiger partial charge in [0.25, 0.3) is 0 Å². The molecule has 0 bridgehead atoms. The van der Waals surface area contributed by atoms with Crippen LogP contribution in [0.5, 0.6) is 0 Å². The number of pyridine rings is 1. The highest BCUT2D eigenvalue weighted by atomic mass is 15.5. The van der Waals surface area contributed by atoms with E-state index in [1.54, 1.807) is 11.0 Å². The summed E-state index contributed by atoms with van der Waals surface area (Å²) in [4.78, 5) is 5.99. The Morgan fingerprint density at radius 3 is 1.62 bits per heavy atom. The first-order valence-corrected chi connectivity index (χ1v) is 15.8. The largest absolute Gasteiger partial charge is 0.264 e. The van der Waals surface area contributed by atoms with Crippen molar-refractivity contribution in [1.29, 1.82) is 0 Å². The van der Waals surface area contributed by atoms with E-state index >= 15 is 0 Å². The first-order chi connectivity index (χ1) is 23.3. The summed E-state index contributed by atoms with van der Waals surface area (Å²) in [5.41, 5.74) is 11.9. The molecule has 0 aliphatic heterocycles. The summed E-state index contributed by atoms with van der Waals surface area (Å²) < 4.78 is 0. The number of aromatic nitrogens is 4. The zero-order valence-corrected chi connectivity index (χ0v) is 25.5. The molecule has 0 saturated carbocycles. The van der Waals surface area contributed by atoms with Gasteiger partial charge in [-0.05, 0) is 96.9 Å². The summed E-state index contributed by atoms with van der Waals surface area (Å²) in [6.07, 6.45) is 3.66. The lowest BCUT2D eigenvalue weighted by Gasteiger charge is -2.18. The minimum absolute atomic E-state index is 0.850. The lowest BCUT2D eigenvalue weighted by molar-refractivity contribution is 0.766. The van der Waals surface area contributed by atoms with Crippen LogP contribution in [0.3, 0.4) is 0 Å². The highest BCUT2D eigenvalue weighted by Crippen LogP contribution is 2.44. The summed E-state index contributed by atoms with van der Waals surface area (Å²) in [5.74, 6) is 0. The van der Waals surface area contributed by atoms with E-state index in [4.69, 9.17) is 10.2 Å². The molecule has 4 nitrogen and oxygen atoms in total. The number of nitrogens with zero attached hydrogens (tertiary/aromatic N) is 4. The summed E-state index contributed by atoms with van der Waals surface area (Å²) in [7, 11) is 0. The molecule has 0 fully saturated rings. The molecular formula is C43H28N4. The second-order valence-electron chi connectivity index (χ2n) is 11.8. The van der Waals surface area contributed by atoms with Gasteiger partial charge in [-0.2, -0.15) is 4.80 Å². The van der Waals surface area contributed by atoms with Gasteiger partial charge in [-0.1, -0.05) is 121 Å². The first-order valence-electron chi connectivity index (χ1n) is 15.8. The topological polar surface area (TPSA) is 43.6 Å². The average molecular weight is 601 g/mol. The Hall–Kier alpha value is -6.39. The van der Waals surface area contributed by atoms with Crippen LogP contribution in [-0.2, 0) is 0 Å². The summed E-state index contributed by atoms with van der Waals surface area (Å²) in [5, 5.41) is 14.7. The Labute approximate surface area is 272 Å². The minimum Gasteiger partial charge on any atom is -0.264 e. The van der Waals surface area contributed by atoms with Crippen molar-refractivity contribution in [3.05, 3.63) is 170 Å². The maximum atomic E-state index is 4.89. The molecule has 0 aliphatic carbocycles. The molecule has 0 atom stereocenters. The first kappa shape index (κ1) is 27.0. The summed E-state index contributed by atoms with van der Waals surface area (Å²) in [6, 6.07) is 55.7. The zero-order valence-electron chi connectivity index (χ0n) is 25.5. The lowest BCUT2D eigenvalue weighted by Crippen LogP contribution is -1.98. The molecule has 0 radical (unpaired) electrons. The molecule has 0 N–H and O–H groups in total. The number of hydrogen-bond acceptors (Lipinski definition) is 3. The smallest absolute Gasteiger partial charge is 0.114 e. The van der Waals surface area contributed by atoms with Gasteiger partial charge in [0.1, 0.15) is 11.0 Å². The molecule has 220 valence electrons. The molecule has 47 heavy (non-hydrogen) atoms. The van der Waals surface area contributed by atoms with Crippen molar-refractivity contribution in [3.8, 4) is 50.2 Å². The minimum atomic E-state index is 0.850. The fourth-order valence-electron chi connectivity index (χ4n) is 6.76. The molecule has 9 rings (SSSR count). The SMILES string of the molecule is c1ccc(-c2c3ccccc3c(-c3cccc(-c4ccc5nn(-c6cccc(-c7cccnc7)c6)nc5c4)c3)c3ccccc23)cc1. The van der Waals surface area contributed by atoms with Crippen molar-refractivity contribution >= 4 is 32.6 Å². The van der Waals surface area contributed by atoms with E-state index in [2.05, 4.69) is 145 Å². The monoisotopic (exact) mass is 600 g/mol. The fraction of sp³-hybridized carbons (Fsp3) is 0. The molecular weight excluding hydrogens is 573 g/mol. The van der Waals surface area contributed by atoms with Crippen molar-refractivity contribution in [1.82, 2.24) is 20.0 Å². The van der Waals surface area contributed by atoms with E-state index in [1.165, 1.54) is 43.8 Å². The normalized spacial score (nSPS) is 11.4. The number of fused-ring (bicyclic) bond motifs is 3. The molecule has 0 unspecified atom stereocenters. The van der Waals surface area contributed by atoms with Crippen LogP contribution in [0.4, 0.5) is 0 Å². The van der Waals surface area contributed by atoms with E-state index in [0.717, 1.165) is 39.0 Å². The Morgan fingerprint density at radius 1 is 0.362 bits per heavy atom. The quantitative estimate of drug-likeness (QED) is 0.185. The van der Waals surface area contributed by atoms with Crippen molar-refractivity contribution in [3.63, 3.8) is 0 Å². The van der Waals surface area contributed by atoms with Crippen LogP contribution in [0.2, 0.25) is 0 Å². The van der Waals surface area contributed by atoms with Crippen LogP contribution < -0.4 is 0 Å². The highest BCUT2D eigenvalue weighted by molar-refractivity contribution is 6.21. The zero-order chi connectivity index (χ0) is 31.2. The van der Waals surface area contributed by atoms with Gasteiger partial charge in [-0.15, -0.1) is 10.2 Å². The van der Waals surface area contributed by atoms with Crippen molar-refractivity contribution < 1.29 is 0 Å². The van der Waals surface area contributed by atoms with Gasteiger partial charge >= 0.3 is 0 Å². The van der Waals surface area contributed by atoms with Gasteiger partial charge in [0.2, 0.25) is 0 Å². The van der Waals surface area contributed by atoms with Gasteiger partial charge in [-0.25, -0.2) is 0 Å². The van der Waals surface area contributed by atoms with E-state index in [0.29, 0.717) is 0 Å². The van der Waals surface area contributed by atoms with E-state index in [9.17, 15) is 0 Å². The highest BCUT2D eigenvalue weighted by Gasteiger charge is 2.17. The predicted molar refractivity (Wildman–Crippen MR) is 193 cm³/mol. The summed E-state index contributed by atoms with van der Waals surface area (Å²) >= 11 is 0. The third-order valence-electron chi connectivity index (χ3n) is 8.93. The number of benzene rings is 7. The number of rotatable bonds is 5. The molecule has 0 saturated heterocycles. The van der Waals surface area contributed by atoms with Gasteiger partial charge < -0.3 is 0 Å². The van der Waals surface area contributed by atoms with Gasteiger partial charge in [0.05, 0.1) is 5.69 Å².